The van der Waals surface area contributed by atoms with Gasteiger partial charge in [0.05, 0.1) is 39.3 Å². The molecule has 0 atom stereocenters. The highest BCUT2D eigenvalue weighted by Gasteiger charge is 2.28. The van der Waals surface area contributed by atoms with E-state index in [9.17, 15) is 0 Å². The Morgan fingerprint density at radius 1 is 0.516 bits per heavy atom. The van der Waals surface area contributed by atoms with Crippen molar-refractivity contribution in [1.82, 2.24) is 9.80 Å². The minimum Gasteiger partial charge on any atom is -0.855 e. The highest BCUT2D eigenvalue weighted by atomic mass is 16.2. The summed E-state index contributed by atoms with van der Waals surface area (Å²) in [4.78, 5) is 5.54. The maximum absolute atomic E-state index is 8.93. The molecule has 0 radical (unpaired) electrons. The standard InChI is InChI=1S/C25H54N3.C2H5O/c1-7-13-19-26(20-14-8-2)25(27(21-15-9-3)22-16-10-4)28(23-17-11-5)24-18-12-6;1-2-3/h7-24H2,1-6H3;2H2,1H3/q+1;-1. The van der Waals surface area contributed by atoms with E-state index in [0.29, 0.717) is 0 Å². The van der Waals surface area contributed by atoms with Crippen LogP contribution in [0.5, 0.6) is 0 Å². The Bertz CT molecular complexity index is 337. The Morgan fingerprint density at radius 2 is 0.774 bits per heavy atom. The van der Waals surface area contributed by atoms with E-state index in [-0.39, 0.29) is 6.61 Å². The molecular weight excluding hydrogens is 382 g/mol. The average Bonchev–Trinajstić information content (AvgIpc) is 2.78. The zero-order valence-electron chi connectivity index (χ0n) is 22.7. The lowest BCUT2D eigenvalue weighted by Gasteiger charge is -2.31. The first kappa shape index (κ1) is 32.4. The summed E-state index contributed by atoms with van der Waals surface area (Å²) in [7, 11) is 0. The second-order valence-electron chi connectivity index (χ2n) is 8.67. The molecular formula is C27H59N3O. The van der Waals surface area contributed by atoms with Gasteiger partial charge in [-0.05, 0) is 38.5 Å². The van der Waals surface area contributed by atoms with Gasteiger partial charge < -0.3 is 5.11 Å². The predicted octanol–water partition coefficient (Wildman–Crippen LogP) is 6.13. The van der Waals surface area contributed by atoms with Gasteiger partial charge in [-0.3, -0.25) is 14.4 Å². The largest absolute Gasteiger partial charge is 0.855 e. The zero-order valence-corrected chi connectivity index (χ0v) is 22.7. The Hall–Kier alpha value is -0.770. The Labute approximate surface area is 197 Å². The van der Waals surface area contributed by atoms with Gasteiger partial charge in [-0.1, -0.05) is 87.0 Å². The third-order valence-electron chi connectivity index (χ3n) is 5.54. The fraction of sp³-hybridized carbons (Fsp3) is 0.963. The Morgan fingerprint density at radius 3 is 1.00 bits per heavy atom. The van der Waals surface area contributed by atoms with Crippen LogP contribution in [0.2, 0.25) is 0 Å². The number of rotatable bonds is 18. The van der Waals surface area contributed by atoms with Crippen molar-refractivity contribution in [3.8, 4) is 0 Å². The molecule has 4 nitrogen and oxygen atoms in total. The smallest absolute Gasteiger partial charge is 0.350 e. The normalized spacial score (nSPS) is 10.5. The van der Waals surface area contributed by atoms with Crippen LogP contribution < -0.4 is 5.11 Å². The average molecular weight is 442 g/mol. The topological polar surface area (TPSA) is 32.5 Å². The van der Waals surface area contributed by atoms with Crippen LogP contribution in [0.25, 0.3) is 0 Å². The lowest BCUT2D eigenvalue weighted by molar-refractivity contribution is -0.539. The SMILES string of the molecule is CCCCN(CCCC)C(N(CCCC)CCCC)=[N+](CCCC)CCCC.CC[O-]. The molecule has 0 aliphatic rings. The molecule has 188 valence electrons. The first-order chi connectivity index (χ1) is 15.1. The quantitative estimate of drug-likeness (QED) is 0.146. The van der Waals surface area contributed by atoms with Gasteiger partial charge in [0, 0.05) is 0 Å². The van der Waals surface area contributed by atoms with Gasteiger partial charge in [0.1, 0.15) is 0 Å². The predicted molar refractivity (Wildman–Crippen MR) is 138 cm³/mol. The zero-order chi connectivity index (χ0) is 23.7. The minimum atomic E-state index is 0. The van der Waals surface area contributed by atoms with Crippen molar-refractivity contribution in [2.45, 2.75) is 126 Å². The van der Waals surface area contributed by atoms with Crippen LogP contribution in [0.4, 0.5) is 0 Å². The van der Waals surface area contributed by atoms with Crippen LogP contribution in [-0.2, 0) is 0 Å². The number of guanidine groups is 1. The third-order valence-corrected chi connectivity index (χ3v) is 5.54. The number of nitrogens with zero attached hydrogens (tertiary/aromatic N) is 3. The number of hydrogen-bond donors (Lipinski definition) is 0. The molecule has 0 amide bonds. The maximum atomic E-state index is 8.93. The second kappa shape index (κ2) is 25.5. The summed E-state index contributed by atoms with van der Waals surface area (Å²) in [5.41, 5.74) is 0. The van der Waals surface area contributed by atoms with E-state index in [1.54, 1.807) is 12.9 Å². The first-order valence-corrected chi connectivity index (χ1v) is 13.8. The first-order valence-electron chi connectivity index (χ1n) is 13.8. The summed E-state index contributed by atoms with van der Waals surface area (Å²) in [6, 6.07) is 0. The Kier molecular flexibility index (Phi) is 26.6. The molecule has 0 rings (SSSR count). The van der Waals surface area contributed by atoms with Gasteiger partial charge in [-0.25, -0.2) is 0 Å². The monoisotopic (exact) mass is 441 g/mol. The van der Waals surface area contributed by atoms with E-state index in [2.05, 4.69) is 55.9 Å². The summed E-state index contributed by atoms with van der Waals surface area (Å²) >= 11 is 0. The van der Waals surface area contributed by atoms with Crippen molar-refractivity contribution in [3.05, 3.63) is 0 Å². The second-order valence-corrected chi connectivity index (χ2v) is 8.67. The van der Waals surface area contributed by atoms with E-state index in [0.717, 1.165) is 0 Å². The van der Waals surface area contributed by atoms with Crippen molar-refractivity contribution < 1.29 is 9.68 Å². The molecule has 0 unspecified atom stereocenters. The van der Waals surface area contributed by atoms with Crippen molar-refractivity contribution in [2.75, 3.05) is 45.9 Å². The van der Waals surface area contributed by atoms with Crippen molar-refractivity contribution >= 4 is 5.96 Å². The fourth-order valence-corrected chi connectivity index (χ4v) is 3.63. The molecule has 0 aliphatic carbocycles. The number of unbranched alkanes of at least 4 members (excludes halogenated alkanes) is 6. The molecule has 0 saturated carbocycles. The highest BCUT2D eigenvalue weighted by Crippen LogP contribution is 2.10. The summed E-state index contributed by atoms with van der Waals surface area (Å²) in [6.45, 7) is 22.8. The van der Waals surface area contributed by atoms with Crippen LogP contribution >= 0.6 is 0 Å². The molecule has 0 N–H and O–H groups in total. The Balaban J connectivity index is 0. The molecule has 31 heavy (non-hydrogen) atoms. The van der Waals surface area contributed by atoms with E-state index in [1.807, 2.05) is 0 Å². The van der Waals surface area contributed by atoms with Crippen LogP contribution in [0.1, 0.15) is 126 Å². The van der Waals surface area contributed by atoms with Crippen molar-refractivity contribution in [1.29, 1.82) is 0 Å². The summed E-state index contributed by atoms with van der Waals surface area (Å²) in [5, 5.41) is 8.93. The summed E-state index contributed by atoms with van der Waals surface area (Å²) in [5.74, 6) is 1.57. The third kappa shape index (κ3) is 17.5. The minimum absolute atomic E-state index is 0. The van der Waals surface area contributed by atoms with E-state index < -0.39 is 0 Å². The molecule has 0 bridgehead atoms. The van der Waals surface area contributed by atoms with Gasteiger partial charge in [-0.2, -0.15) is 0 Å². The maximum Gasteiger partial charge on any atom is 0.350 e. The van der Waals surface area contributed by atoms with Gasteiger partial charge in [-0.15, -0.1) is 6.61 Å². The van der Waals surface area contributed by atoms with Gasteiger partial charge >= 0.3 is 5.96 Å². The van der Waals surface area contributed by atoms with E-state index in [1.165, 1.54) is 116 Å². The van der Waals surface area contributed by atoms with E-state index >= 15 is 0 Å². The van der Waals surface area contributed by atoms with Crippen molar-refractivity contribution in [2.24, 2.45) is 0 Å². The molecule has 0 aliphatic heterocycles. The van der Waals surface area contributed by atoms with Crippen LogP contribution in [0, 0.1) is 0 Å². The van der Waals surface area contributed by atoms with Crippen LogP contribution in [0.15, 0.2) is 0 Å². The van der Waals surface area contributed by atoms with Crippen LogP contribution in [0.3, 0.4) is 0 Å². The molecule has 0 aromatic rings. The molecule has 0 spiro atoms. The van der Waals surface area contributed by atoms with Gasteiger partial charge in [0.25, 0.3) is 0 Å². The van der Waals surface area contributed by atoms with Crippen LogP contribution in [-0.4, -0.2) is 66.2 Å². The van der Waals surface area contributed by atoms with E-state index in [4.69, 9.17) is 5.11 Å². The lowest BCUT2D eigenvalue weighted by Crippen LogP contribution is -2.51. The van der Waals surface area contributed by atoms with Crippen molar-refractivity contribution in [3.63, 3.8) is 0 Å². The summed E-state index contributed by atoms with van der Waals surface area (Å²) < 4.78 is 2.77. The molecule has 0 heterocycles. The molecule has 4 heteroatoms. The van der Waals surface area contributed by atoms with Gasteiger partial charge in [0.15, 0.2) is 0 Å². The highest BCUT2D eigenvalue weighted by molar-refractivity contribution is 5.75. The number of hydrogen-bond acceptors (Lipinski definition) is 1. The molecule has 0 aromatic carbocycles. The van der Waals surface area contributed by atoms with Gasteiger partial charge in [0.2, 0.25) is 0 Å². The molecule has 0 fully saturated rings. The fourth-order valence-electron chi connectivity index (χ4n) is 3.63. The molecule has 0 saturated heterocycles. The summed E-state index contributed by atoms with van der Waals surface area (Å²) in [6.07, 6.45) is 15.5. The lowest BCUT2D eigenvalue weighted by atomic mass is 10.2. The molecule has 0 aromatic heterocycles.